The highest BCUT2D eigenvalue weighted by molar-refractivity contribution is 8.36. The molecule has 0 amide bonds. The van der Waals surface area contributed by atoms with Crippen molar-refractivity contribution in [2.24, 2.45) is 0 Å². The molecule has 23 heavy (non-hydrogen) atoms. The average molecular weight is 400 g/mol. The van der Waals surface area contributed by atoms with Crippen molar-refractivity contribution in [2.45, 2.75) is 24.5 Å². The summed E-state index contributed by atoms with van der Waals surface area (Å²) in [6.45, 7) is -0.150. The number of fused-ring (bicyclic) bond motifs is 1. The SMILES string of the molecule is Nc1ncnc2c1ncn2C1OC(COP(=S)(Cl)Cl)C(O)C1O. The molecule has 2 aromatic heterocycles. The summed E-state index contributed by atoms with van der Waals surface area (Å²) >= 11 is 16.0. The summed E-state index contributed by atoms with van der Waals surface area (Å²) < 4.78 is 12.2. The number of ether oxygens (including phenoxy) is 1. The van der Waals surface area contributed by atoms with Gasteiger partial charge in [-0.25, -0.2) is 15.0 Å². The van der Waals surface area contributed by atoms with Crippen molar-refractivity contribution in [1.29, 1.82) is 0 Å². The zero-order chi connectivity index (χ0) is 16.8. The van der Waals surface area contributed by atoms with Crippen LogP contribution in [0.4, 0.5) is 5.82 Å². The first-order valence-corrected chi connectivity index (χ1v) is 10.9. The molecule has 0 spiro atoms. The summed E-state index contributed by atoms with van der Waals surface area (Å²) in [5.74, 6) is 0.201. The molecule has 1 saturated heterocycles. The van der Waals surface area contributed by atoms with Gasteiger partial charge in [-0.15, -0.1) is 0 Å². The molecule has 9 nitrogen and oxygen atoms in total. The number of nitrogen functional groups attached to an aromatic ring is 1. The molecular weight excluding hydrogens is 388 g/mol. The van der Waals surface area contributed by atoms with Crippen molar-refractivity contribution in [1.82, 2.24) is 19.5 Å². The van der Waals surface area contributed by atoms with Crippen molar-refractivity contribution in [2.75, 3.05) is 12.3 Å². The molecule has 1 aliphatic heterocycles. The summed E-state index contributed by atoms with van der Waals surface area (Å²) in [4.78, 5) is 9.05. The van der Waals surface area contributed by atoms with Crippen LogP contribution in [0.3, 0.4) is 0 Å². The molecule has 0 bridgehead atoms. The Morgan fingerprint density at radius 2 is 2.09 bits per heavy atom. The number of nitrogens with zero attached hydrogens (tertiary/aromatic N) is 4. The predicted octanol–water partition coefficient (Wildman–Crippen LogP) is 0.746. The van der Waals surface area contributed by atoms with E-state index in [1.165, 1.54) is 17.2 Å². The molecular formula is C10H12Cl2N5O4PS. The zero-order valence-corrected chi connectivity index (χ0v) is 14.6. The molecule has 3 heterocycles. The van der Waals surface area contributed by atoms with E-state index in [1.54, 1.807) is 0 Å². The molecule has 1 aliphatic rings. The number of aromatic nitrogens is 4. The molecule has 3 rings (SSSR count). The van der Waals surface area contributed by atoms with Crippen LogP contribution in [0.25, 0.3) is 11.2 Å². The third-order valence-corrected chi connectivity index (χ3v) is 4.74. The smallest absolute Gasteiger partial charge is 0.240 e. The summed E-state index contributed by atoms with van der Waals surface area (Å²) in [6.07, 6.45) is -1.57. The number of hydrogen-bond donors (Lipinski definition) is 3. The van der Waals surface area contributed by atoms with Gasteiger partial charge >= 0.3 is 0 Å². The van der Waals surface area contributed by atoms with Gasteiger partial charge in [0.15, 0.2) is 17.7 Å². The highest BCUT2D eigenvalue weighted by atomic mass is 35.9. The molecule has 2 aromatic rings. The highest BCUT2D eigenvalue weighted by Gasteiger charge is 2.44. The van der Waals surface area contributed by atoms with Crippen LogP contribution in [0.2, 0.25) is 0 Å². The molecule has 1 fully saturated rings. The first kappa shape index (κ1) is 17.2. The van der Waals surface area contributed by atoms with Gasteiger partial charge in [0.1, 0.15) is 30.2 Å². The molecule has 126 valence electrons. The van der Waals surface area contributed by atoms with Gasteiger partial charge in [-0.2, -0.15) is 0 Å². The number of hydrogen-bond acceptors (Lipinski definition) is 9. The molecule has 0 aliphatic carbocycles. The fraction of sp³-hybridized carbons (Fsp3) is 0.500. The molecule has 0 aromatic carbocycles. The quantitative estimate of drug-likeness (QED) is 0.637. The van der Waals surface area contributed by atoms with E-state index in [4.69, 9.17) is 49.3 Å². The predicted molar refractivity (Wildman–Crippen MR) is 87.6 cm³/mol. The van der Waals surface area contributed by atoms with Gasteiger partial charge in [0, 0.05) is 0 Å². The Balaban J connectivity index is 1.85. The average Bonchev–Trinajstić information content (AvgIpc) is 3.01. The van der Waals surface area contributed by atoms with Crippen molar-refractivity contribution in [3.05, 3.63) is 12.7 Å². The lowest BCUT2D eigenvalue weighted by molar-refractivity contribution is -0.0459. The number of aliphatic hydroxyl groups is 2. The Labute approximate surface area is 145 Å². The van der Waals surface area contributed by atoms with Crippen LogP contribution >= 0.6 is 27.5 Å². The molecule has 0 radical (unpaired) electrons. The van der Waals surface area contributed by atoms with Crippen LogP contribution in [-0.2, 0) is 21.1 Å². The van der Waals surface area contributed by atoms with E-state index in [0.29, 0.717) is 11.2 Å². The second kappa shape index (κ2) is 6.38. The topological polar surface area (TPSA) is 129 Å². The third-order valence-electron chi connectivity index (χ3n) is 3.39. The van der Waals surface area contributed by atoms with Gasteiger partial charge in [0.25, 0.3) is 0 Å². The van der Waals surface area contributed by atoms with Gasteiger partial charge in [-0.05, 0) is 34.3 Å². The van der Waals surface area contributed by atoms with E-state index in [9.17, 15) is 10.2 Å². The number of nitrogens with two attached hydrogens (primary N) is 1. The first-order chi connectivity index (χ1) is 10.8. The molecule has 4 N–H and O–H groups in total. The lowest BCUT2D eigenvalue weighted by Gasteiger charge is -2.16. The van der Waals surface area contributed by atoms with E-state index >= 15 is 0 Å². The Bertz CT molecular complexity index is 773. The number of imidazole rings is 1. The van der Waals surface area contributed by atoms with Crippen LogP contribution in [0.5, 0.6) is 0 Å². The second-order valence-electron chi connectivity index (χ2n) is 4.84. The Kier molecular flexibility index (Phi) is 4.78. The Hall–Kier alpha value is -0.580. The standard InChI is InChI=1S/C10H12Cl2N5O4PS/c11-22(12,23)20-1-4-6(18)7(19)10(21-4)17-3-16-5-8(13)14-2-15-9(5)17/h2-4,6-7,10,18-19H,1H2,(H2,13,14,15). The van der Waals surface area contributed by atoms with Gasteiger partial charge in [-0.1, -0.05) is 0 Å². The number of rotatable bonds is 4. The van der Waals surface area contributed by atoms with Gasteiger partial charge in [-0.3, -0.25) is 4.57 Å². The van der Waals surface area contributed by atoms with Crippen molar-refractivity contribution in [3.8, 4) is 0 Å². The summed E-state index contributed by atoms with van der Waals surface area (Å²) in [7, 11) is 0. The summed E-state index contributed by atoms with van der Waals surface area (Å²) in [5.41, 5.74) is 6.46. The van der Waals surface area contributed by atoms with Gasteiger partial charge in [0.2, 0.25) is 4.97 Å². The molecule has 4 unspecified atom stereocenters. The molecule has 0 saturated carbocycles. The summed E-state index contributed by atoms with van der Waals surface area (Å²) in [5, 5.41) is 20.3. The minimum atomic E-state index is -2.94. The van der Waals surface area contributed by atoms with Gasteiger partial charge in [0.05, 0.1) is 12.9 Å². The Morgan fingerprint density at radius 1 is 1.35 bits per heavy atom. The number of anilines is 1. The van der Waals surface area contributed by atoms with E-state index in [-0.39, 0.29) is 12.4 Å². The van der Waals surface area contributed by atoms with Crippen LogP contribution in [0, 0.1) is 0 Å². The van der Waals surface area contributed by atoms with Gasteiger partial charge < -0.3 is 25.2 Å². The summed E-state index contributed by atoms with van der Waals surface area (Å²) in [6, 6.07) is 0. The first-order valence-electron chi connectivity index (χ1n) is 6.36. The number of aliphatic hydroxyl groups excluding tert-OH is 2. The second-order valence-corrected chi connectivity index (χ2v) is 12.0. The fourth-order valence-corrected chi connectivity index (χ4v) is 3.15. The Morgan fingerprint density at radius 3 is 2.78 bits per heavy atom. The maximum absolute atomic E-state index is 10.2. The lowest BCUT2D eigenvalue weighted by Crippen LogP contribution is -2.33. The maximum Gasteiger partial charge on any atom is 0.240 e. The van der Waals surface area contributed by atoms with E-state index in [2.05, 4.69) is 15.0 Å². The largest absolute Gasteiger partial charge is 0.387 e. The van der Waals surface area contributed by atoms with Crippen molar-refractivity contribution < 1.29 is 19.5 Å². The van der Waals surface area contributed by atoms with Crippen molar-refractivity contribution >= 4 is 56.2 Å². The number of halogens is 2. The minimum Gasteiger partial charge on any atom is -0.387 e. The molecule has 13 heteroatoms. The van der Waals surface area contributed by atoms with Crippen LogP contribution < -0.4 is 5.73 Å². The minimum absolute atomic E-state index is 0.150. The fourth-order valence-electron chi connectivity index (χ4n) is 2.31. The highest BCUT2D eigenvalue weighted by Crippen LogP contribution is 2.58. The van der Waals surface area contributed by atoms with Crippen LogP contribution in [0.1, 0.15) is 6.23 Å². The van der Waals surface area contributed by atoms with Crippen LogP contribution in [-0.4, -0.2) is 54.7 Å². The van der Waals surface area contributed by atoms with Crippen LogP contribution in [0.15, 0.2) is 12.7 Å². The van der Waals surface area contributed by atoms with E-state index < -0.39 is 29.5 Å². The molecule has 4 atom stereocenters. The van der Waals surface area contributed by atoms with E-state index in [1.807, 2.05) is 0 Å². The zero-order valence-electron chi connectivity index (χ0n) is 11.4. The monoisotopic (exact) mass is 399 g/mol. The normalized spacial score (nSPS) is 28.5. The van der Waals surface area contributed by atoms with Crippen molar-refractivity contribution in [3.63, 3.8) is 0 Å². The third kappa shape index (κ3) is 3.45. The van der Waals surface area contributed by atoms with E-state index in [0.717, 1.165) is 0 Å². The lowest BCUT2D eigenvalue weighted by atomic mass is 10.1. The maximum atomic E-state index is 10.2.